The topological polar surface area (TPSA) is 53.1 Å². The summed E-state index contributed by atoms with van der Waals surface area (Å²) in [5, 5.41) is 0. The largest absolute Gasteiger partial charge is 0.444 e. The highest BCUT2D eigenvalue weighted by Crippen LogP contribution is 2.31. The van der Waals surface area contributed by atoms with E-state index in [1.807, 2.05) is 90.3 Å². The van der Waals surface area contributed by atoms with Crippen molar-refractivity contribution in [3.8, 4) is 0 Å². The Labute approximate surface area is 210 Å². The first-order chi connectivity index (χ1) is 16.5. The van der Waals surface area contributed by atoms with Gasteiger partial charge in [-0.05, 0) is 52.2 Å². The van der Waals surface area contributed by atoms with Crippen LogP contribution in [0.15, 0.2) is 71.9 Å². The van der Waals surface area contributed by atoms with Crippen molar-refractivity contribution in [1.82, 2.24) is 14.7 Å². The fraction of sp³-hybridized carbons (Fsp3) is 0.448. The summed E-state index contributed by atoms with van der Waals surface area (Å²) in [7, 11) is 3.85. The van der Waals surface area contributed by atoms with Gasteiger partial charge in [0.15, 0.2) is 0 Å². The second-order valence-electron chi connectivity index (χ2n) is 10.3. The Hall–Kier alpha value is -3.28. The molecule has 1 aliphatic heterocycles. The van der Waals surface area contributed by atoms with E-state index in [9.17, 15) is 9.59 Å². The highest BCUT2D eigenvalue weighted by atomic mass is 16.6. The van der Waals surface area contributed by atoms with Gasteiger partial charge < -0.3 is 19.4 Å². The number of rotatable bonds is 6. The SMILES string of the molecule is C[C@@H](c1ccccc1)N(C)C(=O)C1=C(N(C)[C@@H](C)c2ccccc2)CN(C(=O)OC(C)(C)C)CC1. The van der Waals surface area contributed by atoms with E-state index in [1.54, 1.807) is 9.80 Å². The molecule has 35 heavy (non-hydrogen) atoms. The third kappa shape index (κ3) is 6.44. The monoisotopic (exact) mass is 477 g/mol. The number of carbonyl (C=O) groups is 2. The van der Waals surface area contributed by atoms with E-state index >= 15 is 0 Å². The molecule has 0 unspecified atom stereocenters. The lowest BCUT2D eigenvalue weighted by atomic mass is 9.99. The molecule has 6 nitrogen and oxygen atoms in total. The van der Waals surface area contributed by atoms with E-state index in [-0.39, 0.29) is 24.1 Å². The van der Waals surface area contributed by atoms with Crippen LogP contribution in [0, 0.1) is 0 Å². The highest BCUT2D eigenvalue weighted by molar-refractivity contribution is 5.94. The van der Waals surface area contributed by atoms with E-state index < -0.39 is 5.60 Å². The van der Waals surface area contributed by atoms with Gasteiger partial charge >= 0.3 is 6.09 Å². The first-order valence-electron chi connectivity index (χ1n) is 12.3. The number of ether oxygens (including phenoxy) is 1. The zero-order valence-electron chi connectivity index (χ0n) is 22.1. The number of likely N-dealkylation sites (N-methyl/N-ethyl adjacent to an activating group) is 2. The van der Waals surface area contributed by atoms with Gasteiger partial charge in [-0.3, -0.25) is 4.79 Å². The number of hydrogen-bond donors (Lipinski definition) is 0. The molecule has 0 N–H and O–H groups in total. The van der Waals surface area contributed by atoms with Gasteiger partial charge in [-0.15, -0.1) is 0 Å². The molecule has 1 heterocycles. The Morgan fingerprint density at radius 3 is 1.91 bits per heavy atom. The lowest BCUT2D eigenvalue weighted by molar-refractivity contribution is -0.128. The Balaban J connectivity index is 1.94. The van der Waals surface area contributed by atoms with Crippen LogP contribution in [0.4, 0.5) is 4.79 Å². The molecule has 188 valence electrons. The third-order valence-corrected chi connectivity index (χ3v) is 6.70. The molecule has 2 aromatic rings. The van der Waals surface area contributed by atoms with Crippen molar-refractivity contribution in [3.05, 3.63) is 83.1 Å². The van der Waals surface area contributed by atoms with Gasteiger partial charge in [-0.2, -0.15) is 0 Å². The maximum atomic E-state index is 13.8. The summed E-state index contributed by atoms with van der Waals surface area (Å²) in [6.07, 6.45) is 0.124. The number of benzene rings is 2. The summed E-state index contributed by atoms with van der Waals surface area (Å²) in [5.41, 5.74) is 3.26. The van der Waals surface area contributed by atoms with Crippen molar-refractivity contribution in [2.45, 2.75) is 58.7 Å². The van der Waals surface area contributed by atoms with Gasteiger partial charge in [0.05, 0.1) is 18.6 Å². The maximum absolute atomic E-state index is 13.8. The predicted octanol–water partition coefficient (Wildman–Crippen LogP) is 5.79. The van der Waals surface area contributed by atoms with Crippen molar-refractivity contribution in [1.29, 1.82) is 0 Å². The van der Waals surface area contributed by atoms with E-state index in [4.69, 9.17) is 4.74 Å². The molecule has 2 amide bonds. The van der Waals surface area contributed by atoms with Gasteiger partial charge in [0.1, 0.15) is 5.60 Å². The van der Waals surface area contributed by atoms with Crippen molar-refractivity contribution in [2.75, 3.05) is 27.2 Å². The van der Waals surface area contributed by atoms with Gasteiger partial charge in [-0.1, -0.05) is 60.7 Å². The van der Waals surface area contributed by atoms with Crippen LogP contribution in [0.1, 0.15) is 64.3 Å². The van der Waals surface area contributed by atoms with Crippen molar-refractivity contribution in [3.63, 3.8) is 0 Å². The Morgan fingerprint density at radius 1 is 0.886 bits per heavy atom. The molecule has 0 fully saturated rings. The van der Waals surface area contributed by atoms with Crippen LogP contribution in [0.3, 0.4) is 0 Å². The van der Waals surface area contributed by atoms with E-state index in [0.29, 0.717) is 19.5 Å². The molecule has 0 aromatic heterocycles. The normalized spacial score (nSPS) is 15.9. The molecule has 0 saturated heterocycles. The van der Waals surface area contributed by atoms with Crippen LogP contribution in [-0.2, 0) is 9.53 Å². The summed E-state index contributed by atoms with van der Waals surface area (Å²) < 4.78 is 5.64. The molecule has 1 aliphatic rings. The Bertz CT molecular complexity index is 1040. The zero-order valence-corrected chi connectivity index (χ0v) is 22.1. The van der Waals surface area contributed by atoms with Crippen LogP contribution < -0.4 is 0 Å². The molecular weight excluding hydrogens is 438 g/mol. The Morgan fingerprint density at radius 2 is 1.40 bits per heavy atom. The summed E-state index contributed by atoms with van der Waals surface area (Å²) in [6, 6.07) is 20.2. The highest BCUT2D eigenvalue weighted by Gasteiger charge is 2.34. The minimum atomic E-state index is -0.578. The molecule has 2 aromatic carbocycles. The molecule has 2 atom stereocenters. The van der Waals surface area contributed by atoms with Gasteiger partial charge in [0, 0.05) is 31.9 Å². The van der Waals surface area contributed by atoms with Crippen LogP contribution in [0.2, 0.25) is 0 Å². The standard InChI is InChI=1S/C29H39N3O3/c1-21(23-14-10-8-11-15-23)30(6)26-20-32(28(34)35-29(3,4)5)19-18-25(26)27(33)31(7)22(2)24-16-12-9-13-17-24/h8-17,21-22H,18-20H2,1-7H3/t21-,22-/m0/s1. The molecule has 0 bridgehead atoms. The van der Waals surface area contributed by atoms with Crippen LogP contribution >= 0.6 is 0 Å². The fourth-order valence-electron chi connectivity index (χ4n) is 4.32. The quantitative estimate of drug-likeness (QED) is 0.528. The lowest BCUT2D eigenvalue weighted by Gasteiger charge is -2.39. The minimum absolute atomic E-state index is 0.00713. The zero-order chi connectivity index (χ0) is 25.8. The van der Waals surface area contributed by atoms with Crippen LogP contribution in [-0.4, -0.2) is 59.5 Å². The average Bonchev–Trinajstić information content (AvgIpc) is 2.86. The summed E-state index contributed by atoms with van der Waals surface area (Å²) in [5.74, 6) is -0.00713. The first-order valence-corrected chi connectivity index (χ1v) is 12.3. The summed E-state index contributed by atoms with van der Waals surface area (Å²) >= 11 is 0. The molecule has 0 aliphatic carbocycles. The maximum Gasteiger partial charge on any atom is 0.410 e. The lowest BCUT2D eigenvalue weighted by Crippen LogP contribution is -2.46. The third-order valence-electron chi connectivity index (χ3n) is 6.70. The number of amides is 2. The number of hydrogen-bond acceptors (Lipinski definition) is 4. The van der Waals surface area contributed by atoms with E-state index in [2.05, 4.69) is 24.0 Å². The van der Waals surface area contributed by atoms with Crippen molar-refractivity contribution < 1.29 is 14.3 Å². The number of nitrogens with zero attached hydrogens (tertiary/aromatic N) is 3. The molecule has 0 spiro atoms. The second-order valence-corrected chi connectivity index (χ2v) is 10.3. The second kappa shape index (κ2) is 11.0. The number of carbonyl (C=O) groups excluding carboxylic acids is 2. The molecular formula is C29H39N3O3. The Kier molecular flexibility index (Phi) is 8.26. The van der Waals surface area contributed by atoms with Gasteiger partial charge in [0.25, 0.3) is 5.91 Å². The molecule has 0 saturated carbocycles. The molecule has 6 heteroatoms. The predicted molar refractivity (Wildman–Crippen MR) is 140 cm³/mol. The van der Waals surface area contributed by atoms with Crippen molar-refractivity contribution in [2.24, 2.45) is 0 Å². The van der Waals surface area contributed by atoms with Crippen LogP contribution in [0.5, 0.6) is 0 Å². The molecule has 0 radical (unpaired) electrons. The van der Waals surface area contributed by atoms with Crippen molar-refractivity contribution >= 4 is 12.0 Å². The average molecular weight is 478 g/mol. The first kappa shape index (κ1) is 26.3. The smallest absolute Gasteiger partial charge is 0.410 e. The summed E-state index contributed by atoms with van der Waals surface area (Å²) in [6.45, 7) is 10.5. The fourth-order valence-corrected chi connectivity index (χ4v) is 4.32. The van der Waals surface area contributed by atoms with Gasteiger partial charge in [-0.25, -0.2) is 4.79 Å². The van der Waals surface area contributed by atoms with Crippen LogP contribution in [0.25, 0.3) is 0 Å². The summed E-state index contributed by atoms with van der Waals surface area (Å²) in [4.78, 5) is 32.3. The van der Waals surface area contributed by atoms with E-state index in [1.165, 1.54) is 0 Å². The minimum Gasteiger partial charge on any atom is -0.444 e. The molecule has 3 rings (SSSR count). The van der Waals surface area contributed by atoms with Gasteiger partial charge in [0.2, 0.25) is 0 Å². The van der Waals surface area contributed by atoms with E-state index in [0.717, 1.165) is 22.4 Å².